The quantitative estimate of drug-likeness (QED) is 0.456. The van der Waals surface area contributed by atoms with E-state index in [2.05, 4.69) is 10.3 Å². The maximum atomic E-state index is 12.3. The standard InChI is InChI=1S/C23H19ClN2O3/c1-14-5-3-8-20(15(14)2)28-13-22(27)25-18-7-4-6-16(11-18)23-26-19-12-17(24)9-10-21(19)29-23/h3-12H,13H2,1-2H3,(H,25,27). The zero-order valence-corrected chi connectivity index (χ0v) is 16.8. The molecule has 1 amide bonds. The van der Waals surface area contributed by atoms with Crippen molar-refractivity contribution in [3.63, 3.8) is 0 Å². The fourth-order valence-corrected chi connectivity index (χ4v) is 3.14. The summed E-state index contributed by atoms with van der Waals surface area (Å²) in [6.07, 6.45) is 0. The molecule has 6 heteroatoms. The van der Waals surface area contributed by atoms with Crippen LogP contribution in [0.1, 0.15) is 11.1 Å². The molecule has 1 N–H and O–H groups in total. The molecule has 4 aromatic rings. The molecule has 0 aliphatic carbocycles. The minimum absolute atomic E-state index is 0.0735. The molecule has 29 heavy (non-hydrogen) atoms. The Balaban J connectivity index is 1.46. The first kappa shape index (κ1) is 19.0. The second-order valence-corrected chi connectivity index (χ2v) is 7.18. The van der Waals surface area contributed by atoms with Gasteiger partial charge in [-0.2, -0.15) is 0 Å². The number of nitrogens with one attached hydrogen (secondary N) is 1. The lowest BCUT2D eigenvalue weighted by Gasteiger charge is -2.11. The van der Waals surface area contributed by atoms with E-state index in [-0.39, 0.29) is 12.5 Å². The van der Waals surface area contributed by atoms with Crippen molar-refractivity contribution in [2.24, 2.45) is 0 Å². The first-order chi connectivity index (χ1) is 14.0. The molecule has 0 unspecified atom stereocenters. The summed E-state index contributed by atoms with van der Waals surface area (Å²) in [4.78, 5) is 16.8. The van der Waals surface area contributed by atoms with Crippen molar-refractivity contribution < 1.29 is 13.9 Å². The number of hydrogen-bond acceptors (Lipinski definition) is 4. The van der Waals surface area contributed by atoms with E-state index in [1.54, 1.807) is 24.3 Å². The highest BCUT2D eigenvalue weighted by Crippen LogP contribution is 2.27. The molecular formula is C23H19ClN2O3. The second-order valence-electron chi connectivity index (χ2n) is 6.75. The first-order valence-corrected chi connectivity index (χ1v) is 9.53. The van der Waals surface area contributed by atoms with Gasteiger partial charge in [-0.1, -0.05) is 29.8 Å². The van der Waals surface area contributed by atoms with Crippen LogP contribution in [-0.4, -0.2) is 17.5 Å². The molecule has 0 aliphatic rings. The summed E-state index contributed by atoms with van der Waals surface area (Å²) in [7, 11) is 0. The van der Waals surface area contributed by atoms with Gasteiger partial charge in [-0.15, -0.1) is 0 Å². The van der Waals surface area contributed by atoms with Gasteiger partial charge in [0.1, 0.15) is 11.3 Å². The lowest BCUT2D eigenvalue weighted by molar-refractivity contribution is -0.118. The summed E-state index contributed by atoms with van der Waals surface area (Å²) < 4.78 is 11.5. The monoisotopic (exact) mass is 406 g/mol. The molecule has 0 bridgehead atoms. The molecule has 0 fully saturated rings. The average Bonchev–Trinajstić information content (AvgIpc) is 3.12. The number of anilines is 1. The third-order valence-electron chi connectivity index (χ3n) is 4.66. The molecule has 5 nitrogen and oxygen atoms in total. The lowest BCUT2D eigenvalue weighted by Crippen LogP contribution is -2.20. The summed E-state index contributed by atoms with van der Waals surface area (Å²) >= 11 is 6.01. The van der Waals surface area contributed by atoms with Crippen LogP contribution >= 0.6 is 11.6 Å². The number of carbonyl (C=O) groups is 1. The van der Waals surface area contributed by atoms with Crippen molar-refractivity contribution in [2.75, 3.05) is 11.9 Å². The normalized spacial score (nSPS) is 10.9. The van der Waals surface area contributed by atoms with Crippen LogP contribution < -0.4 is 10.1 Å². The summed E-state index contributed by atoms with van der Waals surface area (Å²) in [5.41, 5.74) is 4.88. The Morgan fingerprint density at radius 2 is 1.93 bits per heavy atom. The summed E-state index contributed by atoms with van der Waals surface area (Å²) in [5, 5.41) is 3.44. The fraction of sp³-hybridized carbons (Fsp3) is 0.130. The third kappa shape index (κ3) is 4.25. The second kappa shape index (κ2) is 7.97. The van der Waals surface area contributed by atoms with Crippen LogP contribution in [0, 0.1) is 13.8 Å². The minimum atomic E-state index is -0.243. The maximum absolute atomic E-state index is 12.3. The summed E-state index contributed by atoms with van der Waals surface area (Å²) in [6, 6.07) is 18.4. The van der Waals surface area contributed by atoms with E-state index in [1.807, 2.05) is 50.2 Å². The smallest absolute Gasteiger partial charge is 0.262 e. The molecule has 4 rings (SSSR count). The SMILES string of the molecule is Cc1cccc(OCC(=O)Nc2cccc(-c3nc4cc(Cl)ccc4o3)c2)c1C. The highest BCUT2D eigenvalue weighted by molar-refractivity contribution is 6.31. The zero-order chi connectivity index (χ0) is 20.4. The van der Waals surface area contributed by atoms with Crippen LogP contribution in [0.4, 0.5) is 5.69 Å². The third-order valence-corrected chi connectivity index (χ3v) is 4.89. The van der Waals surface area contributed by atoms with Gasteiger partial charge in [-0.25, -0.2) is 4.98 Å². The number of benzene rings is 3. The number of aromatic nitrogens is 1. The van der Waals surface area contributed by atoms with Crippen molar-refractivity contribution in [3.8, 4) is 17.2 Å². The first-order valence-electron chi connectivity index (χ1n) is 9.15. The Morgan fingerprint density at radius 1 is 1.10 bits per heavy atom. The van der Waals surface area contributed by atoms with E-state index >= 15 is 0 Å². The molecular weight excluding hydrogens is 388 g/mol. The largest absolute Gasteiger partial charge is 0.483 e. The van der Waals surface area contributed by atoms with Crippen LogP contribution in [0.3, 0.4) is 0 Å². The highest BCUT2D eigenvalue weighted by atomic mass is 35.5. The molecule has 0 atom stereocenters. The number of hydrogen-bond donors (Lipinski definition) is 1. The van der Waals surface area contributed by atoms with Gasteiger partial charge in [0, 0.05) is 16.3 Å². The van der Waals surface area contributed by atoms with Crippen LogP contribution in [0.5, 0.6) is 5.75 Å². The van der Waals surface area contributed by atoms with E-state index in [0.29, 0.717) is 33.4 Å². The number of carbonyl (C=O) groups excluding carboxylic acids is 1. The van der Waals surface area contributed by atoms with E-state index in [4.69, 9.17) is 20.8 Å². The van der Waals surface area contributed by atoms with Crippen LogP contribution in [0.25, 0.3) is 22.6 Å². The number of amides is 1. The Kier molecular flexibility index (Phi) is 5.23. The molecule has 0 saturated heterocycles. The Labute approximate surface area is 173 Å². The van der Waals surface area contributed by atoms with Gasteiger partial charge in [0.25, 0.3) is 5.91 Å². The molecule has 0 aliphatic heterocycles. The number of halogens is 1. The molecule has 146 valence electrons. The molecule has 0 saturated carbocycles. The van der Waals surface area contributed by atoms with Gasteiger partial charge in [0.05, 0.1) is 0 Å². The number of nitrogens with zero attached hydrogens (tertiary/aromatic N) is 1. The fourth-order valence-electron chi connectivity index (χ4n) is 2.97. The zero-order valence-electron chi connectivity index (χ0n) is 16.0. The van der Waals surface area contributed by atoms with Gasteiger partial charge in [-0.3, -0.25) is 4.79 Å². The van der Waals surface area contributed by atoms with Gasteiger partial charge < -0.3 is 14.5 Å². The molecule has 1 aromatic heterocycles. The molecule has 3 aromatic carbocycles. The summed E-state index contributed by atoms with van der Waals surface area (Å²) in [5.74, 6) is 0.927. The number of rotatable bonds is 5. The van der Waals surface area contributed by atoms with Crippen molar-refractivity contribution >= 4 is 34.3 Å². The van der Waals surface area contributed by atoms with Gasteiger partial charge in [-0.05, 0) is 67.4 Å². The van der Waals surface area contributed by atoms with E-state index < -0.39 is 0 Å². The maximum Gasteiger partial charge on any atom is 0.262 e. The van der Waals surface area contributed by atoms with Crippen LogP contribution in [0.2, 0.25) is 5.02 Å². The molecule has 0 radical (unpaired) electrons. The predicted molar refractivity (Wildman–Crippen MR) is 114 cm³/mol. The van der Waals surface area contributed by atoms with Gasteiger partial charge >= 0.3 is 0 Å². The lowest BCUT2D eigenvalue weighted by atomic mass is 10.1. The van der Waals surface area contributed by atoms with Gasteiger partial charge in [0.15, 0.2) is 12.2 Å². The molecule has 0 spiro atoms. The minimum Gasteiger partial charge on any atom is -0.483 e. The Morgan fingerprint density at radius 3 is 2.79 bits per heavy atom. The Bertz CT molecular complexity index is 1200. The van der Waals surface area contributed by atoms with Crippen molar-refractivity contribution in [1.82, 2.24) is 4.98 Å². The number of aryl methyl sites for hydroxylation is 1. The highest BCUT2D eigenvalue weighted by Gasteiger charge is 2.11. The Hall–Kier alpha value is -3.31. The van der Waals surface area contributed by atoms with Crippen molar-refractivity contribution in [1.29, 1.82) is 0 Å². The van der Waals surface area contributed by atoms with E-state index in [9.17, 15) is 4.79 Å². The van der Waals surface area contributed by atoms with Crippen molar-refractivity contribution in [3.05, 3.63) is 76.8 Å². The van der Waals surface area contributed by atoms with Crippen molar-refractivity contribution in [2.45, 2.75) is 13.8 Å². The van der Waals surface area contributed by atoms with E-state index in [0.717, 1.165) is 16.7 Å². The predicted octanol–water partition coefficient (Wildman–Crippen LogP) is 5.78. The van der Waals surface area contributed by atoms with E-state index in [1.165, 1.54) is 0 Å². The van der Waals surface area contributed by atoms with Gasteiger partial charge in [0.2, 0.25) is 5.89 Å². The number of fused-ring (bicyclic) bond motifs is 1. The molecule has 1 heterocycles. The summed E-state index contributed by atoms with van der Waals surface area (Å²) in [6.45, 7) is 3.91. The topological polar surface area (TPSA) is 64.4 Å². The average molecular weight is 407 g/mol. The number of ether oxygens (including phenoxy) is 1. The van der Waals surface area contributed by atoms with Crippen LogP contribution in [0.15, 0.2) is 65.1 Å². The number of oxazole rings is 1. The van der Waals surface area contributed by atoms with Crippen LogP contribution in [-0.2, 0) is 4.79 Å².